The van der Waals surface area contributed by atoms with Crippen molar-refractivity contribution in [2.75, 3.05) is 16.9 Å². The average Bonchev–Trinajstić information content (AvgIpc) is 3.30. The molecule has 6 atom stereocenters. The van der Waals surface area contributed by atoms with Gasteiger partial charge in [0.1, 0.15) is 6.04 Å². The van der Waals surface area contributed by atoms with Crippen molar-refractivity contribution < 1.29 is 58.9 Å². The molecule has 34 heteroatoms. The van der Waals surface area contributed by atoms with Crippen LogP contribution in [0.15, 0.2) is 98.8 Å². The second-order valence-electron chi connectivity index (χ2n) is 14.1. The predicted octanol–water partition coefficient (Wildman–Crippen LogP) is -6.85. The van der Waals surface area contributed by atoms with Crippen molar-refractivity contribution in [3.63, 3.8) is 0 Å². The lowest BCUT2D eigenvalue weighted by molar-refractivity contribution is -0.384. The van der Waals surface area contributed by atoms with Crippen molar-refractivity contribution in [2.45, 2.75) is 36.9 Å². The Labute approximate surface area is 404 Å². The minimum atomic E-state index is -2.38. The average molecular weight is 1010 g/mol. The number of carbonyl (C=O) groups is 7. The Morgan fingerprint density at radius 3 is 1.57 bits per heavy atom. The van der Waals surface area contributed by atoms with Gasteiger partial charge in [0, 0.05) is 18.7 Å². The summed E-state index contributed by atoms with van der Waals surface area (Å²) in [6, 6.07) is 13.9. The molecular weight excluding hydrogens is 959 g/mol. The second-order valence-corrected chi connectivity index (χ2v) is 14.1. The number of anilines is 2. The van der Waals surface area contributed by atoms with Crippen molar-refractivity contribution in [1.29, 1.82) is 0 Å². The van der Waals surface area contributed by atoms with Crippen molar-refractivity contribution in [2.24, 2.45) is 71.6 Å². The van der Waals surface area contributed by atoms with Gasteiger partial charge in [-0.1, -0.05) is 54.6 Å². The fourth-order valence-electron chi connectivity index (χ4n) is 5.80. The molecule has 0 heterocycles. The number of aliphatic imine (C=N–C) groups is 4. The van der Waals surface area contributed by atoms with E-state index < -0.39 is 131 Å². The van der Waals surface area contributed by atoms with E-state index in [1.807, 2.05) is 16.0 Å². The summed E-state index contributed by atoms with van der Waals surface area (Å²) >= 11 is 0. The fourth-order valence-corrected chi connectivity index (χ4v) is 5.80. The Bertz CT molecular complexity index is 2630. The van der Waals surface area contributed by atoms with Crippen LogP contribution in [-0.4, -0.2) is 123 Å². The van der Waals surface area contributed by atoms with Crippen molar-refractivity contribution in [3.8, 4) is 0 Å². The number of carboxylic acids is 1. The highest BCUT2D eigenvalue weighted by atomic mass is 17.2. The number of carbonyl (C=O) groups excluding carboxylic acids is 6. The van der Waals surface area contributed by atoms with Crippen LogP contribution < -0.4 is 88.6 Å². The molecule has 3 rings (SSSR count). The molecule has 0 saturated carbocycles. The van der Waals surface area contributed by atoms with Gasteiger partial charge in [0.2, 0.25) is 36.8 Å². The maximum Gasteiger partial charge on any atom is 0.338 e. The standard InChI is InChI=1S/C38H49N21O13/c39-23(60)24(53-35(40)41)49-29(62)26(55-37(44)45)51-31(64)27(56-38(46)47)52-30(63)25(54-36(42)43)50-28(61)22(17-6-2-1-3-7-17)48-32(65)33(66)58(14-4-5-16-8-10-18(11-9-16)57-72-71)21-13-12-19(59(69)70)15-20(21)34(67)68/h1-13,15,22,24-27,33,57,66,71H,14H2,(H2,39,60)(H,48,65)(H,49,62)(H,50,61)(H,51,64)(H,52,63)(H,67,68)(H4,40,41,53)(H4,42,43,54)(H4,44,45,55)(H4,46,47,56)/b5-4-. The van der Waals surface area contributed by atoms with E-state index in [1.165, 1.54) is 54.6 Å². The highest BCUT2D eigenvalue weighted by Crippen LogP contribution is 2.28. The molecule has 3 aromatic rings. The van der Waals surface area contributed by atoms with Crippen LogP contribution in [0, 0.1) is 10.1 Å². The Hall–Kier alpha value is -10.4. The molecule has 0 spiro atoms. The Morgan fingerprint density at radius 1 is 0.653 bits per heavy atom. The summed E-state index contributed by atoms with van der Waals surface area (Å²) in [4.78, 5) is 123. The summed E-state index contributed by atoms with van der Waals surface area (Å²) in [6.07, 6.45) is -7.97. The quantitative estimate of drug-likeness (QED) is 0.00936. The van der Waals surface area contributed by atoms with E-state index in [-0.39, 0.29) is 5.56 Å². The van der Waals surface area contributed by atoms with Gasteiger partial charge >= 0.3 is 5.97 Å². The van der Waals surface area contributed by atoms with E-state index in [0.29, 0.717) is 17.3 Å². The van der Waals surface area contributed by atoms with E-state index in [1.54, 1.807) is 12.1 Å². The van der Waals surface area contributed by atoms with E-state index in [0.717, 1.165) is 17.0 Å². The number of nitro benzene ring substituents is 1. The maximum absolute atomic E-state index is 14.2. The molecule has 0 aliphatic carbocycles. The summed E-state index contributed by atoms with van der Waals surface area (Å²) in [5, 5.41) is 52.4. The number of amides is 6. The SMILES string of the molecule is NC(=O)C(N=C(N)N)NC(=O)C(N=C(N)N)NC(=O)C(N=C(N)N)NC(=O)C(N=C(N)N)NC(=O)C(NC(=O)C(O)N(C/C=C\c1ccc(NOO)cc1)c1ccc([N+](=O)[O-])cc1C(=O)O)c1ccccc1. The zero-order valence-corrected chi connectivity index (χ0v) is 37.1. The van der Waals surface area contributed by atoms with E-state index in [4.69, 9.17) is 56.9 Å². The first-order valence-corrected chi connectivity index (χ1v) is 19.9. The number of benzene rings is 3. The summed E-state index contributed by atoms with van der Waals surface area (Å²) < 4.78 is 0. The lowest BCUT2D eigenvalue weighted by Gasteiger charge is -2.30. The summed E-state index contributed by atoms with van der Waals surface area (Å²) in [5.74, 6) is -13.0. The first-order valence-electron chi connectivity index (χ1n) is 19.9. The molecule has 0 fully saturated rings. The molecule has 0 aliphatic rings. The number of nitrogens with two attached hydrogens (primary N) is 9. The van der Waals surface area contributed by atoms with Crippen LogP contribution in [0.4, 0.5) is 17.1 Å². The Morgan fingerprint density at radius 2 is 1.12 bits per heavy atom. The van der Waals surface area contributed by atoms with E-state index in [9.17, 15) is 53.9 Å². The zero-order chi connectivity index (χ0) is 53.8. The number of aliphatic hydroxyl groups excluding tert-OH is 1. The molecule has 0 radical (unpaired) electrons. The molecule has 72 heavy (non-hydrogen) atoms. The first kappa shape index (κ1) is 56.0. The molecule has 3 aromatic carbocycles. The molecule has 0 aliphatic heterocycles. The number of guanidine groups is 4. The van der Waals surface area contributed by atoms with E-state index in [2.05, 4.69) is 41.1 Å². The summed E-state index contributed by atoms with van der Waals surface area (Å²) in [7, 11) is 0. The van der Waals surface area contributed by atoms with Crippen molar-refractivity contribution in [3.05, 3.63) is 106 Å². The van der Waals surface area contributed by atoms with Crippen molar-refractivity contribution >= 4 is 88.4 Å². The third kappa shape index (κ3) is 17.1. The number of hydrogen-bond acceptors (Lipinski definition) is 18. The number of hydrogen-bond donors (Lipinski definition) is 18. The molecule has 0 aromatic heterocycles. The molecule has 384 valence electrons. The molecule has 0 saturated heterocycles. The smallest absolute Gasteiger partial charge is 0.338 e. The number of nitro groups is 1. The van der Waals surface area contributed by atoms with E-state index >= 15 is 0 Å². The Balaban J connectivity index is 2.01. The normalized spacial score (nSPS) is 13.1. The van der Waals surface area contributed by atoms with Crippen LogP contribution >= 0.6 is 0 Å². The van der Waals surface area contributed by atoms with Gasteiger partial charge in [0.05, 0.1) is 21.9 Å². The molecule has 34 nitrogen and oxygen atoms in total. The van der Waals surface area contributed by atoms with Gasteiger partial charge in [-0.05, 0) is 29.3 Å². The molecule has 6 amide bonds. The van der Waals surface area contributed by atoms with Gasteiger partial charge in [0.15, 0.2) is 23.8 Å². The second kappa shape index (κ2) is 26.3. The number of carboxylic acid groups (broad SMARTS) is 1. The summed E-state index contributed by atoms with van der Waals surface area (Å²) in [6.45, 7) is -0.463. The van der Waals surface area contributed by atoms with Gasteiger partial charge in [-0.15, -0.1) is 4.99 Å². The number of primary amides is 1. The minimum absolute atomic E-state index is 0.00262. The van der Waals surface area contributed by atoms with Gasteiger partial charge < -0.3 is 93.3 Å². The largest absolute Gasteiger partial charge is 0.478 e. The lowest BCUT2D eigenvalue weighted by Crippen LogP contribution is -2.58. The molecular formula is C38H49N21O13. The number of non-ortho nitro benzene ring substituents is 1. The third-order valence-electron chi connectivity index (χ3n) is 8.87. The van der Waals surface area contributed by atoms with Crippen LogP contribution in [0.25, 0.3) is 6.08 Å². The van der Waals surface area contributed by atoms with Gasteiger partial charge in [-0.25, -0.2) is 35.5 Å². The first-order chi connectivity index (χ1) is 33.9. The van der Waals surface area contributed by atoms with Crippen LogP contribution in [0.1, 0.15) is 27.5 Å². The van der Waals surface area contributed by atoms with Crippen LogP contribution in [-0.2, 0) is 33.8 Å². The molecule has 0 bridgehead atoms. The Kier molecular flexibility index (Phi) is 20.4. The van der Waals surface area contributed by atoms with Gasteiger partial charge in [-0.3, -0.25) is 38.9 Å². The number of aromatic carboxylic acids is 1. The maximum atomic E-state index is 14.2. The number of nitrogens with one attached hydrogen (secondary N) is 6. The number of rotatable bonds is 25. The zero-order valence-electron chi connectivity index (χ0n) is 37.1. The number of nitrogens with zero attached hydrogens (tertiary/aromatic N) is 6. The minimum Gasteiger partial charge on any atom is -0.478 e. The highest BCUT2D eigenvalue weighted by molar-refractivity contribution is 6.00. The predicted molar refractivity (Wildman–Crippen MR) is 254 cm³/mol. The topological polar surface area (TPSA) is 592 Å². The monoisotopic (exact) mass is 1010 g/mol. The van der Waals surface area contributed by atoms with Crippen molar-refractivity contribution in [1.82, 2.24) is 26.6 Å². The van der Waals surface area contributed by atoms with Crippen LogP contribution in [0.3, 0.4) is 0 Å². The van der Waals surface area contributed by atoms with Gasteiger partial charge in [0.25, 0.3) is 35.2 Å². The number of aliphatic hydroxyl groups is 1. The highest BCUT2D eigenvalue weighted by Gasteiger charge is 2.35. The fraction of sp³-hybridized carbons (Fsp3) is 0.184. The third-order valence-corrected chi connectivity index (χ3v) is 8.87. The molecule has 6 unspecified atom stereocenters. The van der Waals surface area contributed by atoms with Gasteiger partial charge in [-0.2, -0.15) is 0 Å². The summed E-state index contributed by atoms with van der Waals surface area (Å²) in [5.41, 5.74) is 50.0. The molecule has 27 N–H and O–H groups in total. The van der Waals surface area contributed by atoms with Crippen LogP contribution in [0.5, 0.6) is 0 Å². The lowest BCUT2D eigenvalue weighted by atomic mass is 10.1. The van der Waals surface area contributed by atoms with Crippen LogP contribution in [0.2, 0.25) is 0 Å².